The van der Waals surface area contributed by atoms with Crippen molar-refractivity contribution in [3.05, 3.63) is 11.0 Å². The standard InChI is InChI=1S/C8H16S.C2H6/c1-5-7(3)9-8(4)6-2;1-2/h5,8H,6H2,1-4H3;1-2H3/b7-5-;. The lowest BCUT2D eigenvalue weighted by molar-refractivity contribution is 0.908. The smallest absolute Gasteiger partial charge is 0.00600 e. The Hall–Kier alpha value is 0.0900. The Morgan fingerprint density at radius 1 is 1.45 bits per heavy atom. The van der Waals surface area contributed by atoms with Crippen LogP contribution in [0.3, 0.4) is 0 Å². The van der Waals surface area contributed by atoms with Crippen molar-refractivity contribution in [1.82, 2.24) is 0 Å². The van der Waals surface area contributed by atoms with Crippen LogP contribution < -0.4 is 0 Å². The molecule has 0 saturated heterocycles. The van der Waals surface area contributed by atoms with Gasteiger partial charge in [0.25, 0.3) is 0 Å². The molecule has 1 heteroatoms. The molecule has 0 fully saturated rings. The molecule has 0 radical (unpaired) electrons. The first-order valence-corrected chi connectivity index (χ1v) is 5.38. The molecule has 0 nitrogen and oxygen atoms in total. The van der Waals surface area contributed by atoms with Crippen LogP contribution in [0.5, 0.6) is 0 Å². The van der Waals surface area contributed by atoms with Crippen molar-refractivity contribution >= 4 is 11.8 Å². The summed E-state index contributed by atoms with van der Waals surface area (Å²) >= 11 is 1.96. The van der Waals surface area contributed by atoms with Gasteiger partial charge in [-0.25, -0.2) is 0 Å². The van der Waals surface area contributed by atoms with Crippen LogP contribution in [0.15, 0.2) is 11.0 Å². The van der Waals surface area contributed by atoms with E-state index < -0.39 is 0 Å². The molecule has 0 aliphatic carbocycles. The van der Waals surface area contributed by atoms with Gasteiger partial charge in [-0.15, -0.1) is 11.8 Å². The molecule has 0 aliphatic rings. The summed E-state index contributed by atoms with van der Waals surface area (Å²) in [5.41, 5.74) is 0. The van der Waals surface area contributed by atoms with Gasteiger partial charge in [-0.3, -0.25) is 0 Å². The van der Waals surface area contributed by atoms with E-state index in [1.807, 2.05) is 25.6 Å². The first-order valence-electron chi connectivity index (χ1n) is 4.50. The fourth-order valence-corrected chi connectivity index (χ4v) is 1.41. The Bertz CT molecular complexity index is 95.0. The Morgan fingerprint density at radius 2 is 1.91 bits per heavy atom. The van der Waals surface area contributed by atoms with E-state index in [1.54, 1.807) is 0 Å². The minimum atomic E-state index is 0.779. The fraction of sp³-hybridized carbons (Fsp3) is 0.800. The average molecular weight is 174 g/mol. The molecule has 0 aliphatic heterocycles. The van der Waals surface area contributed by atoms with Crippen LogP contribution in [0.4, 0.5) is 0 Å². The molecule has 0 bridgehead atoms. The van der Waals surface area contributed by atoms with Gasteiger partial charge in [0.15, 0.2) is 0 Å². The van der Waals surface area contributed by atoms with E-state index in [-0.39, 0.29) is 0 Å². The molecule has 0 aromatic carbocycles. The van der Waals surface area contributed by atoms with Crippen LogP contribution in [-0.2, 0) is 0 Å². The van der Waals surface area contributed by atoms with E-state index in [0.29, 0.717) is 0 Å². The zero-order valence-corrected chi connectivity index (χ0v) is 9.59. The van der Waals surface area contributed by atoms with Crippen LogP contribution in [-0.4, -0.2) is 5.25 Å². The summed E-state index contributed by atoms with van der Waals surface area (Å²) in [6.07, 6.45) is 3.42. The summed E-state index contributed by atoms with van der Waals surface area (Å²) in [4.78, 5) is 1.43. The second-order valence-corrected chi connectivity index (χ2v) is 3.92. The highest BCUT2D eigenvalue weighted by Crippen LogP contribution is 2.22. The highest BCUT2D eigenvalue weighted by atomic mass is 32.2. The number of hydrogen-bond acceptors (Lipinski definition) is 1. The normalized spacial score (nSPS) is 13.5. The highest BCUT2D eigenvalue weighted by molar-refractivity contribution is 8.03. The minimum absolute atomic E-state index is 0.779. The van der Waals surface area contributed by atoms with Crippen LogP contribution >= 0.6 is 11.8 Å². The Kier molecular flexibility index (Phi) is 12.5. The Balaban J connectivity index is 0. The van der Waals surface area contributed by atoms with Gasteiger partial charge in [-0.1, -0.05) is 33.8 Å². The molecule has 0 saturated carbocycles. The maximum atomic E-state index is 2.26. The number of hydrogen-bond donors (Lipinski definition) is 0. The molecule has 0 N–H and O–H groups in total. The summed E-state index contributed by atoms with van der Waals surface area (Å²) in [5.74, 6) is 0. The van der Waals surface area contributed by atoms with Crippen molar-refractivity contribution in [2.75, 3.05) is 0 Å². The number of thioether (sulfide) groups is 1. The van der Waals surface area contributed by atoms with Gasteiger partial charge < -0.3 is 0 Å². The lowest BCUT2D eigenvalue weighted by atomic mass is 10.4. The van der Waals surface area contributed by atoms with Crippen LogP contribution in [0, 0.1) is 0 Å². The third-order valence-corrected chi connectivity index (χ3v) is 2.71. The van der Waals surface area contributed by atoms with E-state index in [1.165, 1.54) is 11.3 Å². The average Bonchev–Trinajstić information content (AvgIpc) is 2.07. The monoisotopic (exact) mass is 174 g/mol. The fourth-order valence-electron chi connectivity index (χ4n) is 0.469. The third kappa shape index (κ3) is 10.1. The van der Waals surface area contributed by atoms with Gasteiger partial charge in [0.1, 0.15) is 0 Å². The van der Waals surface area contributed by atoms with Crippen molar-refractivity contribution in [2.24, 2.45) is 0 Å². The van der Waals surface area contributed by atoms with Crippen LogP contribution in [0.25, 0.3) is 0 Å². The lowest BCUT2D eigenvalue weighted by Gasteiger charge is -2.06. The summed E-state index contributed by atoms with van der Waals surface area (Å²) in [6, 6.07) is 0. The SMILES string of the molecule is C/C=C(/C)SC(C)CC.CC. The van der Waals surface area contributed by atoms with Gasteiger partial charge in [0, 0.05) is 5.25 Å². The van der Waals surface area contributed by atoms with Crippen molar-refractivity contribution in [2.45, 2.75) is 53.2 Å². The second-order valence-electron chi connectivity index (χ2n) is 2.24. The molecular weight excluding hydrogens is 152 g/mol. The van der Waals surface area contributed by atoms with Gasteiger partial charge in [0.05, 0.1) is 0 Å². The lowest BCUT2D eigenvalue weighted by Crippen LogP contribution is -1.90. The van der Waals surface area contributed by atoms with Gasteiger partial charge in [0.2, 0.25) is 0 Å². The molecule has 1 atom stereocenters. The van der Waals surface area contributed by atoms with Crippen molar-refractivity contribution in [3.63, 3.8) is 0 Å². The maximum absolute atomic E-state index is 2.26. The number of rotatable bonds is 3. The molecule has 1 unspecified atom stereocenters. The van der Waals surface area contributed by atoms with Gasteiger partial charge in [-0.2, -0.15) is 0 Å². The van der Waals surface area contributed by atoms with Crippen molar-refractivity contribution in [3.8, 4) is 0 Å². The Labute approximate surface area is 76.5 Å². The van der Waals surface area contributed by atoms with E-state index in [0.717, 1.165) is 5.25 Å². The van der Waals surface area contributed by atoms with E-state index in [2.05, 4.69) is 33.8 Å². The summed E-state index contributed by atoms with van der Waals surface area (Å²) < 4.78 is 0. The topological polar surface area (TPSA) is 0 Å². The molecule has 0 aromatic rings. The van der Waals surface area contributed by atoms with Crippen LogP contribution in [0.1, 0.15) is 48.0 Å². The zero-order valence-electron chi connectivity index (χ0n) is 8.77. The predicted molar refractivity (Wildman–Crippen MR) is 58.1 cm³/mol. The van der Waals surface area contributed by atoms with Crippen molar-refractivity contribution < 1.29 is 0 Å². The summed E-state index contributed by atoms with van der Waals surface area (Å²) in [6.45, 7) is 12.7. The van der Waals surface area contributed by atoms with Crippen molar-refractivity contribution in [1.29, 1.82) is 0 Å². The molecule has 0 amide bonds. The molecule has 0 aromatic heterocycles. The van der Waals surface area contributed by atoms with E-state index in [4.69, 9.17) is 0 Å². The second kappa shape index (κ2) is 10.1. The molecule has 0 rings (SSSR count). The molecular formula is C10H22S. The highest BCUT2D eigenvalue weighted by Gasteiger charge is 1.97. The van der Waals surface area contributed by atoms with E-state index in [9.17, 15) is 0 Å². The number of allylic oxidation sites excluding steroid dienone is 2. The third-order valence-electron chi connectivity index (χ3n) is 1.37. The largest absolute Gasteiger partial charge is 0.128 e. The molecule has 0 spiro atoms. The molecule has 0 heterocycles. The molecule has 11 heavy (non-hydrogen) atoms. The zero-order chi connectivity index (χ0) is 9.28. The first-order chi connectivity index (χ1) is 5.20. The van der Waals surface area contributed by atoms with Gasteiger partial charge >= 0.3 is 0 Å². The Morgan fingerprint density at radius 3 is 2.18 bits per heavy atom. The van der Waals surface area contributed by atoms with Gasteiger partial charge in [-0.05, 0) is 25.2 Å². The van der Waals surface area contributed by atoms with Crippen LogP contribution in [0.2, 0.25) is 0 Å². The predicted octanol–water partition coefficient (Wildman–Crippen LogP) is 4.47. The summed E-state index contributed by atoms with van der Waals surface area (Å²) in [5, 5.41) is 0.779. The minimum Gasteiger partial charge on any atom is -0.128 e. The van der Waals surface area contributed by atoms with E-state index >= 15 is 0 Å². The first kappa shape index (κ1) is 13.7. The quantitative estimate of drug-likeness (QED) is 0.608. The maximum Gasteiger partial charge on any atom is 0.00600 e. The summed E-state index contributed by atoms with van der Waals surface area (Å²) in [7, 11) is 0. The molecule has 68 valence electrons.